The molecular weight excluding hydrogens is 430 g/mol. The van der Waals surface area contributed by atoms with Gasteiger partial charge in [0.2, 0.25) is 0 Å². The Morgan fingerprint density at radius 2 is 1.76 bits per heavy atom. The van der Waals surface area contributed by atoms with Gasteiger partial charge in [-0.25, -0.2) is 17.6 Å². The summed E-state index contributed by atoms with van der Waals surface area (Å²) in [4.78, 5) is 0. The highest BCUT2D eigenvalue weighted by molar-refractivity contribution is 5.75. The topological polar surface area (TPSA) is 44.0 Å². The number of aryl methyl sites for hydroxylation is 1. The van der Waals surface area contributed by atoms with Crippen molar-refractivity contribution >= 4 is 0 Å². The fraction of sp³-hybridized carbons (Fsp3) is 0.296. The molecule has 1 N–H and O–H groups in total. The van der Waals surface area contributed by atoms with Gasteiger partial charge in [-0.3, -0.25) is 0 Å². The Bertz CT molecular complexity index is 1310. The van der Waals surface area contributed by atoms with Gasteiger partial charge in [-0.1, -0.05) is 36.4 Å². The van der Waals surface area contributed by atoms with Gasteiger partial charge in [0.05, 0.1) is 11.6 Å². The van der Waals surface area contributed by atoms with Gasteiger partial charge in [-0.15, -0.1) is 0 Å². The fourth-order valence-corrected chi connectivity index (χ4v) is 5.47. The molecule has 0 radical (unpaired) electrons. The highest BCUT2D eigenvalue weighted by atomic mass is 19.3. The Morgan fingerprint density at radius 1 is 1.00 bits per heavy atom. The normalized spacial score (nSPS) is 23.0. The number of hydrogen-bond donors (Lipinski definition) is 1. The lowest BCUT2D eigenvalue weighted by Crippen LogP contribution is -2.22. The molecule has 0 spiro atoms. The summed E-state index contributed by atoms with van der Waals surface area (Å²) in [5.41, 5.74) is 3.69. The Balaban J connectivity index is 1.76. The molecular formula is C27H21F4NO. The molecule has 3 aromatic carbocycles. The van der Waals surface area contributed by atoms with E-state index in [9.17, 15) is 27.9 Å². The first kappa shape index (κ1) is 21.7. The molecule has 0 saturated heterocycles. The summed E-state index contributed by atoms with van der Waals surface area (Å²) in [6.45, 7) is 1.88. The summed E-state index contributed by atoms with van der Waals surface area (Å²) in [5, 5.41) is 20.2. The van der Waals surface area contributed by atoms with Gasteiger partial charge in [-0.05, 0) is 76.4 Å². The van der Waals surface area contributed by atoms with Crippen molar-refractivity contribution in [1.82, 2.24) is 0 Å². The van der Waals surface area contributed by atoms with Crippen LogP contribution in [0.25, 0.3) is 11.1 Å². The van der Waals surface area contributed by atoms with E-state index in [4.69, 9.17) is 0 Å². The second kappa shape index (κ2) is 7.71. The van der Waals surface area contributed by atoms with Gasteiger partial charge in [0.25, 0.3) is 5.92 Å². The summed E-state index contributed by atoms with van der Waals surface area (Å²) >= 11 is 0. The summed E-state index contributed by atoms with van der Waals surface area (Å²) < 4.78 is 58.4. The first-order valence-electron chi connectivity index (χ1n) is 10.9. The largest absolute Gasteiger partial charge is 0.382 e. The van der Waals surface area contributed by atoms with Gasteiger partial charge in [0, 0.05) is 12.3 Å². The lowest BCUT2D eigenvalue weighted by molar-refractivity contribution is -0.0966. The quantitative estimate of drug-likeness (QED) is 0.434. The van der Waals surface area contributed by atoms with E-state index < -0.39 is 36.4 Å². The highest BCUT2D eigenvalue weighted by Gasteiger charge is 2.50. The third-order valence-electron chi connectivity index (χ3n) is 6.98. The molecule has 6 heteroatoms. The van der Waals surface area contributed by atoms with Crippen LogP contribution in [0.5, 0.6) is 0 Å². The molecule has 0 amide bonds. The summed E-state index contributed by atoms with van der Waals surface area (Å²) in [6.07, 6.45) is -3.65. The SMILES string of the molecule is Cc1ccccc1-c1ccc([C@H]2CC[C@H](F)c3cc(F)cc(C#N)c32)c2c1[C@H](O)C(F)(F)C2. The summed E-state index contributed by atoms with van der Waals surface area (Å²) in [5.74, 6) is -4.59. The van der Waals surface area contributed by atoms with E-state index in [1.54, 1.807) is 12.1 Å². The molecule has 3 atom stereocenters. The number of nitrogens with zero attached hydrogens (tertiary/aromatic N) is 1. The van der Waals surface area contributed by atoms with Crippen LogP contribution in [0, 0.1) is 24.1 Å². The molecule has 0 aliphatic heterocycles. The Labute approximate surface area is 189 Å². The van der Waals surface area contributed by atoms with Crippen molar-refractivity contribution in [2.24, 2.45) is 0 Å². The number of benzene rings is 3. The molecule has 2 aliphatic carbocycles. The molecule has 2 aliphatic rings. The van der Waals surface area contributed by atoms with E-state index in [-0.39, 0.29) is 23.1 Å². The highest BCUT2D eigenvalue weighted by Crippen LogP contribution is 2.53. The molecule has 168 valence electrons. The minimum atomic E-state index is -3.35. The average molecular weight is 451 g/mol. The van der Waals surface area contributed by atoms with Gasteiger partial charge >= 0.3 is 0 Å². The van der Waals surface area contributed by atoms with Crippen molar-refractivity contribution in [3.05, 3.63) is 93.3 Å². The van der Waals surface area contributed by atoms with Crippen LogP contribution in [0.2, 0.25) is 0 Å². The van der Waals surface area contributed by atoms with E-state index >= 15 is 0 Å². The van der Waals surface area contributed by atoms with E-state index in [0.717, 1.165) is 23.3 Å². The van der Waals surface area contributed by atoms with Crippen LogP contribution in [0.15, 0.2) is 48.5 Å². The molecule has 0 bridgehead atoms. The predicted molar refractivity (Wildman–Crippen MR) is 116 cm³/mol. The predicted octanol–water partition coefficient (Wildman–Crippen LogP) is 6.83. The van der Waals surface area contributed by atoms with Crippen molar-refractivity contribution in [1.29, 1.82) is 5.26 Å². The van der Waals surface area contributed by atoms with Crippen LogP contribution in [-0.2, 0) is 6.42 Å². The van der Waals surface area contributed by atoms with Gasteiger partial charge in [-0.2, -0.15) is 5.26 Å². The van der Waals surface area contributed by atoms with Crippen LogP contribution < -0.4 is 0 Å². The molecule has 3 aromatic rings. The summed E-state index contributed by atoms with van der Waals surface area (Å²) in [7, 11) is 0. The zero-order valence-electron chi connectivity index (χ0n) is 17.9. The minimum Gasteiger partial charge on any atom is -0.382 e. The Morgan fingerprint density at radius 3 is 2.48 bits per heavy atom. The molecule has 2 nitrogen and oxygen atoms in total. The fourth-order valence-electron chi connectivity index (χ4n) is 5.47. The third-order valence-corrected chi connectivity index (χ3v) is 6.98. The van der Waals surface area contributed by atoms with Crippen LogP contribution in [0.4, 0.5) is 17.6 Å². The van der Waals surface area contributed by atoms with Crippen LogP contribution in [0.3, 0.4) is 0 Å². The molecule has 33 heavy (non-hydrogen) atoms. The maximum Gasteiger partial charge on any atom is 0.281 e. The van der Waals surface area contributed by atoms with Gasteiger partial charge in [0.15, 0.2) is 0 Å². The average Bonchev–Trinajstić information content (AvgIpc) is 3.03. The number of rotatable bonds is 2. The first-order chi connectivity index (χ1) is 15.7. The van der Waals surface area contributed by atoms with Gasteiger partial charge < -0.3 is 5.11 Å². The number of alkyl halides is 3. The maximum atomic E-state index is 14.8. The molecule has 0 aromatic heterocycles. The molecule has 0 heterocycles. The van der Waals surface area contributed by atoms with Crippen LogP contribution in [0.1, 0.15) is 70.0 Å². The third kappa shape index (κ3) is 3.34. The second-order valence-corrected chi connectivity index (χ2v) is 8.92. The zero-order chi connectivity index (χ0) is 23.5. The zero-order valence-corrected chi connectivity index (χ0v) is 17.9. The first-order valence-corrected chi connectivity index (χ1v) is 10.9. The van der Waals surface area contributed by atoms with Crippen LogP contribution >= 0.6 is 0 Å². The van der Waals surface area contributed by atoms with E-state index in [1.807, 2.05) is 37.3 Å². The maximum absolute atomic E-state index is 14.8. The number of aliphatic hydroxyl groups is 1. The summed E-state index contributed by atoms with van der Waals surface area (Å²) in [6, 6.07) is 14.9. The molecule has 0 fully saturated rings. The van der Waals surface area contributed by atoms with E-state index in [1.165, 1.54) is 0 Å². The van der Waals surface area contributed by atoms with E-state index in [0.29, 0.717) is 28.7 Å². The van der Waals surface area contributed by atoms with Crippen molar-refractivity contribution in [3.63, 3.8) is 0 Å². The standard InChI is InChI=1S/C27H21F4NO/c1-14-4-2-3-5-17(14)19-7-6-18(22-12-27(30,31)26(33)25(19)22)20-8-9-23(29)21-11-16(28)10-15(13-32)24(20)21/h2-7,10-11,20,23,26,33H,8-9,12H2,1H3/t20-,23+,26+/m1/s1. The Kier molecular flexibility index (Phi) is 5.06. The Hall–Kier alpha value is -3.17. The van der Waals surface area contributed by atoms with Crippen molar-refractivity contribution in [3.8, 4) is 17.2 Å². The van der Waals surface area contributed by atoms with Crippen LogP contribution in [-0.4, -0.2) is 11.0 Å². The molecule has 0 saturated carbocycles. The number of aliphatic hydroxyl groups excluding tert-OH is 1. The number of nitriles is 1. The molecule has 5 rings (SSSR count). The van der Waals surface area contributed by atoms with Crippen molar-refractivity contribution in [2.45, 2.75) is 50.3 Å². The van der Waals surface area contributed by atoms with E-state index in [2.05, 4.69) is 0 Å². The smallest absolute Gasteiger partial charge is 0.281 e. The van der Waals surface area contributed by atoms with Gasteiger partial charge in [0.1, 0.15) is 18.1 Å². The van der Waals surface area contributed by atoms with Crippen molar-refractivity contribution in [2.75, 3.05) is 0 Å². The van der Waals surface area contributed by atoms with Crippen molar-refractivity contribution < 1.29 is 22.7 Å². The molecule has 0 unspecified atom stereocenters. The number of hydrogen-bond acceptors (Lipinski definition) is 2. The number of fused-ring (bicyclic) bond motifs is 2. The minimum absolute atomic E-state index is 0.0133. The lowest BCUT2D eigenvalue weighted by atomic mass is 9.74. The lowest BCUT2D eigenvalue weighted by Gasteiger charge is -2.31. The monoisotopic (exact) mass is 451 g/mol. The number of halogens is 4. The second-order valence-electron chi connectivity index (χ2n) is 8.92.